The summed E-state index contributed by atoms with van der Waals surface area (Å²) >= 11 is 32.4. The molecule has 0 radical (unpaired) electrons. The molecule has 0 aromatic rings. The van der Waals surface area contributed by atoms with Crippen molar-refractivity contribution in [3.05, 3.63) is 0 Å². The van der Waals surface area contributed by atoms with E-state index in [0.717, 1.165) is 75.1 Å². The fourth-order valence-corrected chi connectivity index (χ4v) is 4.42. The van der Waals surface area contributed by atoms with Crippen LogP contribution in [0.2, 0.25) is 0 Å². The topological polar surface area (TPSA) is 90.6 Å². The lowest BCUT2D eigenvalue weighted by atomic mass is 10.2. The molecule has 8 nitrogen and oxygen atoms in total. The zero-order chi connectivity index (χ0) is 32.7. The van der Waals surface area contributed by atoms with Gasteiger partial charge in [-0.15, -0.1) is 0 Å². The third-order valence-electron chi connectivity index (χ3n) is 5.42. The number of nitrogens with one attached hydrogen (secondary N) is 6. The van der Waals surface area contributed by atoms with E-state index in [1.54, 1.807) is 0 Å². The highest BCUT2D eigenvalue weighted by molar-refractivity contribution is 7.81. The Morgan fingerprint density at radius 2 is 0.628 bits per heavy atom. The Bertz CT molecular complexity index is 820. The normalized spacial score (nSPS) is 11.3. The van der Waals surface area contributed by atoms with Gasteiger partial charge in [-0.2, -0.15) is 0 Å². The molecule has 43 heavy (non-hydrogen) atoms. The van der Waals surface area contributed by atoms with Crippen molar-refractivity contribution in [1.82, 2.24) is 31.9 Å². The van der Waals surface area contributed by atoms with E-state index in [9.17, 15) is 0 Å². The second-order valence-electron chi connectivity index (χ2n) is 11.9. The predicted molar refractivity (Wildman–Crippen MR) is 207 cm³/mol. The van der Waals surface area contributed by atoms with Crippen LogP contribution < -0.4 is 31.9 Å². The molecule has 0 aliphatic heterocycles. The van der Waals surface area contributed by atoms with Gasteiger partial charge in [0.1, 0.15) is 0 Å². The highest BCUT2D eigenvalue weighted by Gasteiger charge is 2.11. The average molecular weight is 711 g/mol. The smallest absolute Gasteiger partial charge is 0.0776 e. The van der Waals surface area contributed by atoms with Crippen LogP contribution in [0.15, 0.2) is 0 Å². The van der Waals surface area contributed by atoms with Gasteiger partial charge in [0, 0.05) is 77.8 Å². The Hall–Kier alpha value is -0.740. The van der Waals surface area contributed by atoms with E-state index < -0.39 is 0 Å². The van der Waals surface area contributed by atoms with Crippen LogP contribution in [0, 0.1) is 0 Å². The maximum atomic E-state index is 5.70. The molecule has 0 atom stereocenters. The molecule has 0 saturated heterocycles. The Morgan fingerprint density at radius 1 is 0.395 bits per heavy atom. The molecule has 0 saturated carbocycles. The van der Waals surface area contributed by atoms with E-state index in [1.807, 2.05) is 41.5 Å². The molecular weight excluding hydrogens is 657 g/mol. The van der Waals surface area contributed by atoms with Crippen molar-refractivity contribution in [2.45, 2.75) is 97.7 Å². The van der Waals surface area contributed by atoms with Crippen molar-refractivity contribution in [3.8, 4) is 0 Å². The molecule has 0 aliphatic rings. The van der Waals surface area contributed by atoms with E-state index in [4.69, 9.17) is 82.8 Å². The van der Waals surface area contributed by atoms with Crippen molar-refractivity contribution in [1.29, 1.82) is 0 Å². The predicted octanol–water partition coefficient (Wildman–Crippen LogP) is 4.85. The van der Waals surface area contributed by atoms with E-state index in [2.05, 4.69) is 31.9 Å². The highest BCUT2D eigenvalue weighted by atomic mass is 32.1. The SMILES string of the molecule is CC(C)(C)OCCC(=S)NCCC(=S)NCCC(=S)NCCCNC(=S)CCNC(=S)CCNC(=S)CCOC(C)(C)C. The second kappa shape index (κ2) is 24.5. The highest BCUT2D eigenvalue weighted by Crippen LogP contribution is 2.07. The molecule has 0 bridgehead atoms. The Morgan fingerprint density at radius 3 is 0.884 bits per heavy atom. The summed E-state index contributed by atoms with van der Waals surface area (Å²) in [6.07, 6.45) is 5.25. The molecular formula is C29H54N6O2S6. The monoisotopic (exact) mass is 710 g/mol. The molecule has 0 aliphatic carbocycles. The van der Waals surface area contributed by atoms with Gasteiger partial charge >= 0.3 is 0 Å². The standard InChI is InChI=1S/C29H54N6O2S6/c1-28(2,3)36-20-12-26(42)34-18-10-24(40)32-16-8-22(38)30-14-7-15-31-23(39)9-17-33-25(41)11-19-35-27(43)13-21-37-29(4,5)6/h7-21H2,1-6H3,(H,30,38)(H,31,39)(H,32,40)(H,33,41)(H,34,42)(H,35,43). The zero-order valence-corrected chi connectivity index (χ0v) is 31.8. The largest absolute Gasteiger partial charge is 0.380 e. The van der Waals surface area contributed by atoms with E-state index in [1.165, 1.54) is 0 Å². The first-order valence-electron chi connectivity index (χ1n) is 15.0. The number of rotatable bonds is 22. The lowest BCUT2D eigenvalue weighted by Crippen LogP contribution is -2.34. The second-order valence-corrected chi connectivity index (χ2v) is 14.8. The number of thiocarbonyl (C=S) groups is 6. The molecule has 0 spiro atoms. The van der Waals surface area contributed by atoms with Crippen LogP contribution >= 0.6 is 73.3 Å². The van der Waals surface area contributed by atoms with Crippen molar-refractivity contribution in [2.24, 2.45) is 0 Å². The first-order valence-corrected chi connectivity index (χ1v) is 17.4. The summed E-state index contributed by atoms with van der Waals surface area (Å²) in [4.78, 5) is 4.84. The van der Waals surface area contributed by atoms with Crippen LogP contribution in [-0.2, 0) is 9.47 Å². The van der Waals surface area contributed by atoms with Gasteiger partial charge < -0.3 is 41.4 Å². The van der Waals surface area contributed by atoms with Gasteiger partial charge in [0.2, 0.25) is 0 Å². The van der Waals surface area contributed by atoms with Crippen molar-refractivity contribution >= 4 is 103 Å². The third-order valence-corrected chi connectivity index (χ3v) is 7.51. The van der Waals surface area contributed by atoms with Gasteiger partial charge in [-0.1, -0.05) is 73.3 Å². The van der Waals surface area contributed by atoms with Crippen LogP contribution in [0.3, 0.4) is 0 Å². The number of hydrogen-bond acceptors (Lipinski definition) is 8. The van der Waals surface area contributed by atoms with Crippen molar-refractivity contribution in [2.75, 3.05) is 52.5 Å². The average Bonchev–Trinajstić information content (AvgIpc) is 2.87. The van der Waals surface area contributed by atoms with Gasteiger partial charge in [0.15, 0.2) is 0 Å². The molecule has 0 fully saturated rings. The number of ether oxygens (including phenoxy) is 2. The molecule has 0 aromatic carbocycles. The van der Waals surface area contributed by atoms with Gasteiger partial charge in [0.25, 0.3) is 0 Å². The van der Waals surface area contributed by atoms with Crippen LogP contribution in [0.25, 0.3) is 0 Å². The molecule has 6 N–H and O–H groups in total. The lowest BCUT2D eigenvalue weighted by molar-refractivity contribution is 0.000900. The molecule has 248 valence electrons. The molecule has 14 heteroatoms. The minimum atomic E-state index is -0.147. The van der Waals surface area contributed by atoms with E-state index >= 15 is 0 Å². The maximum Gasteiger partial charge on any atom is 0.0776 e. The Balaban J connectivity index is 3.68. The van der Waals surface area contributed by atoms with Crippen LogP contribution in [0.4, 0.5) is 0 Å². The summed E-state index contributed by atoms with van der Waals surface area (Å²) < 4.78 is 11.4. The molecule has 0 rings (SSSR count). The quantitative estimate of drug-likeness (QED) is 0.0684. The van der Waals surface area contributed by atoms with Gasteiger partial charge in [-0.3, -0.25) is 0 Å². The molecule has 0 amide bonds. The summed E-state index contributed by atoms with van der Waals surface area (Å²) in [7, 11) is 0. The fourth-order valence-electron chi connectivity index (χ4n) is 3.24. The van der Waals surface area contributed by atoms with Crippen LogP contribution in [-0.4, -0.2) is 93.6 Å². The maximum absolute atomic E-state index is 5.70. The third kappa shape index (κ3) is 31.0. The summed E-state index contributed by atoms with van der Waals surface area (Å²) in [5.41, 5.74) is -0.294. The number of hydrogen-bond donors (Lipinski definition) is 6. The van der Waals surface area contributed by atoms with Gasteiger partial charge in [-0.05, 0) is 48.0 Å². The summed E-state index contributed by atoms with van der Waals surface area (Å²) in [5, 5.41) is 19.6. The van der Waals surface area contributed by atoms with Gasteiger partial charge in [0.05, 0.1) is 54.3 Å². The van der Waals surface area contributed by atoms with E-state index in [0.29, 0.717) is 52.2 Å². The first-order chi connectivity index (χ1) is 20.1. The Labute approximate surface area is 293 Å². The minimum Gasteiger partial charge on any atom is -0.380 e. The summed E-state index contributed by atoms with van der Waals surface area (Å²) in [6, 6.07) is 0. The first kappa shape index (κ1) is 42.3. The van der Waals surface area contributed by atoms with Crippen molar-refractivity contribution in [3.63, 3.8) is 0 Å². The minimum absolute atomic E-state index is 0.147. The summed E-state index contributed by atoms with van der Waals surface area (Å²) in [5.74, 6) is 0. The van der Waals surface area contributed by atoms with Crippen LogP contribution in [0.1, 0.15) is 86.5 Å². The van der Waals surface area contributed by atoms with Gasteiger partial charge in [-0.25, -0.2) is 0 Å². The van der Waals surface area contributed by atoms with Crippen LogP contribution in [0.5, 0.6) is 0 Å². The summed E-state index contributed by atoms with van der Waals surface area (Å²) in [6.45, 7) is 17.9. The lowest BCUT2D eigenvalue weighted by Gasteiger charge is -2.19. The van der Waals surface area contributed by atoms with Crippen molar-refractivity contribution < 1.29 is 9.47 Å². The molecule has 0 unspecified atom stereocenters. The zero-order valence-electron chi connectivity index (χ0n) is 26.9. The Kier molecular flexibility index (Phi) is 24.1. The fraction of sp³-hybridized carbons (Fsp3) is 0.793. The van der Waals surface area contributed by atoms with E-state index in [-0.39, 0.29) is 11.2 Å². The molecule has 0 aromatic heterocycles. The molecule has 0 heterocycles.